The predicted octanol–water partition coefficient (Wildman–Crippen LogP) is 4.42. The SMILES string of the molecule is C=CC(=O)Nc1cccc(-c2ccc(C(N)=O)c3[nH]c(-c4cccc(C(=O)N5CCN(C)CC5)c4)cc23)c1C. The number of carbonyl (C=O) groups excluding carboxylic acids is 3. The first-order chi connectivity index (χ1) is 18.8. The third kappa shape index (κ3) is 5.06. The number of hydrogen-bond donors (Lipinski definition) is 3. The van der Waals surface area contributed by atoms with E-state index in [9.17, 15) is 14.4 Å². The number of likely N-dealkylation sites (N-methyl/N-ethyl adjacent to an activating group) is 1. The summed E-state index contributed by atoms with van der Waals surface area (Å²) in [6, 6.07) is 18.8. The number of rotatable bonds is 6. The third-order valence-corrected chi connectivity index (χ3v) is 7.34. The molecule has 0 saturated carbocycles. The lowest BCUT2D eigenvalue weighted by molar-refractivity contribution is -0.111. The van der Waals surface area contributed by atoms with Gasteiger partial charge in [0.05, 0.1) is 11.1 Å². The fourth-order valence-electron chi connectivity index (χ4n) is 5.07. The Balaban J connectivity index is 1.58. The van der Waals surface area contributed by atoms with Gasteiger partial charge in [-0.1, -0.05) is 36.9 Å². The second-order valence-electron chi connectivity index (χ2n) is 9.84. The molecule has 8 nitrogen and oxygen atoms in total. The largest absolute Gasteiger partial charge is 0.366 e. The Morgan fingerprint density at radius 3 is 2.44 bits per heavy atom. The van der Waals surface area contributed by atoms with Crippen LogP contribution in [0.25, 0.3) is 33.3 Å². The van der Waals surface area contributed by atoms with Crippen molar-refractivity contribution in [2.45, 2.75) is 6.92 Å². The smallest absolute Gasteiger partial charge is 0.253 e. The van der Waals surface area contributed by atoms with Gasteiger partial charge in [0.2, 0.25) is 5.91 Å². The van der Waals surface area contributed by atoms with Crippen molar-refractivity contribution in [1.29, 1.82) is 0 Å². The van der Waals surface area contributed by atoms with E-state index in [-0.39, 0.29) is 11.8 Å². The van der Waals surface area contributed by atoms with Crippen molar-refractivity contribution < 1.29 is 14.4 Å². The molecule has 1 fully saturated rings. The van der Waals surface area contributed by atoms with E-state index >= 15 is 0 Å². The zero-order valence-corrected chi connectivity index (χ0v) is 22.1. The highest BCUT2D eigenvalue weighted by Crippen LogP contribution is 2.37. The van der Waals surface area contributed by atoms with Gasteiger partial charge in [0.1, 0.15) is 0 Å². The van der Waals surface area contributed by atoms with Crippen LogP contribution in [0.5, 0.6) is 0 Å². The van der Waals surface area contributed by atoms with Crippen LogP contribution in [0.3, 0.4) is 0 Å². The molecule has 8 heteroatoms. The number of amides is 3. The van der Waals surface area contributed by atoms with E-state index in [1.165, 1.54) is 6.08 Å². The zero-order chi connectivity index (χ0) is 27.7. The molecule has 0 radical (unpaired) electrons. The van der Waals surface area contributed by atoms with Gasteiger partial charge in [0.25, 0.3) is 11.8 Å². The molecule has 1 aliphatic heterocycles. The van der Waals surface area contributed by atoms with Gasteiger partial charge in [-0.05, 0) is 72.6 Å². The highest BCUT2D eigenvalue weighted by atomic mass is 16.2. The second-order valence-corrected chi connectivity index (χ2v) is 9.84. The minimum absolute atomic E-state index is 0.00795. The van der Waals surface area contributed by atoms with Gasteiger partial charge in [-0.15, -0.1) is 0 Å². The van der Waals surface area contributed by atoms with E-state index < -0.39 is 5.91 Å². The van der Waals surface area contributed by atoms with Crippen molar-refractivity contribution in [1.82, 2.24) is 14.8 Å². The van der Waals surface area contributed by atoms with Crippen LogP contribution in [0, 0.1) is 6.92 Å². The summed E-state index contributed by atoms with van der Waals surface area (Å²) in [5.74, 6) is -0.823. The lowest BCUT2D eigenvalue weighted by Crippen LogP contribution is -2.47. The summed E-state index contributed by atoms with van der Waals surface area (Å²) in [6.07, 6.45) is 1.23. The molecule has 3 aromatic carbocycles. The molecular formula is C31H31N5O3. The van der Waals surface area contributed by atoms with Gasteiger partial charge < -0.3 is 25.8 Å². The van der Waals surface area contributed by atoms with Gasteiger partial charge >= 0.3 is 0 Å². The Morgan fingerprint density at radius 2 is 1.72 bits per heavy atom. The van der Waals surface area contributed by atoms with Crippen molar-refractivity contribution in [2.75, 3.05) is 38.5 Å². The molecule has 0 aliphatic carbocycles. The minimum atomic E-state index is -0.539. The summed E-state index contributed by atoms with van der Waals surface area (Å²) in [6.45, 7) is 8.56. The fourth-order valence-corrected chi connectivity index (χ4v) is 5.07. The maximum absolute atomic E-state index is 13.2. The summed E-state index contributed by atoms with van der Waals surface area (Å²) in [5, 5.41) is 3.66. The van der Waals surface area contributed by atoms with Crippen LogP contribution in [0.1, 0.15) is 26.3 Å². The number of nitrogens with two attached hydrogens (primary N) is 1. The number of aromatic nitrogens is 1. The number of carbonyl (C=O) groups is 3. The molecule has 1 aliphatic rings. The van der Waals surface area contributed by atoms with E-state index in [2.05, 4.69) is 28.8 Å². The van der Waals surface area contributed by atoms with Crippen molar-refractivity contribution in [2.24, 2.45) is 5.73 Å². The number of benzene rings is 3. The van der Waals surface area contributed by atoms with Crippen molar-refractivity contribution in [3.05, 3.63) is 90.0 Å². The molecule has 2 heterocycles. The average Bonchev–Trinajstić information content (AvgIpc) is 3.39. The first-order valence-corrected chi connectivity index (χ1v) is 12.8. The summed E-state index contributed by atoms with van der Waals surface area (Å²) in [5.41, 5.74) is 12.3. The maximum atomic E-state index is 13.2. The van der Waals surface area contributed by atoms with Gasteiger partial charge in [0, 0.05) is 48.5 Å². The Morgan fingerprint density at radius 1 is 0.974 bits per heavy atom. The van der Waals surface area contributed by atoms with Crippen molar-refractivity contribution in [3.8, 4) is 22.4 Å². The lowest BCUT2D eigenvalue weighted by atomic mass is 9.94. The third-order valence-electron chi connectivity index (χ3n) is 7.34. The van der Waals surface area contributed by atoms with Crippen LogP contribution >= 0.6 is 0 Å². The second kappa shape index (κ2) is 10.6. The number of fused-ring (bicyclic) bond motifs is 1. The topological polar surface area (TPSA) is 112 Å². The van der Waals surface area contributed by atoms with Crippen molar-refractivity contribution in [3.63, 3.8) is 0 Å². The molecule has 0 unspecified atom stereocenters. The molecule has 1 saturated heterocycles. The lowest BCUT2D eigenvalue weighted by Gasteiger charge is -2.32. The quantitative estimate of drug-likeness (QED) is 0.326. The zero-order valence-electron chi connectivity index (χ0n) is 22.1. The summed E-state index contributed by atoms with van der Waals surface area (Å²) in [4.78, 5) is 45.0. The Kier molecular flexibility index (Phi) is 7.04. The van der Waals surface area contributed by atoms with E-state index in [1.807, 2.05) is 66.4 Å². The van der Waals surface area contributed by atoms with Gasteiger partial charge in [-0.2, -0.15) is 0 Å². The van der Waals surface area contributed by atoms with E-state index in [4.69, 9.17) is 5.73 Å². The first kappa shape index (κ1) is 25.9. The molecule has 3 amide bonds. The number of hydrogen-bond acceptors (Lipinski definition) is 4. The van der Waals surface area contributed by atoms with Gasteiger partial charge in [-0.25, -0.2) is 0 Å². The number of H-pyrrole nitrogens is 1. The summed E-state index contributed by atoms with van der Waals surface area (Å²) < 4.78 is 0. The van der Waals surface area contributed by atoms with Crippen LogP contribution in [-0.2, 0) is 4.79 Å². The minimum Gasteiger partial charge on any atom is -0.366 e. The molecule has 0 atom stereocenters. The summed E-state index contributed by atoms with van der Waals surface area (Å²) >= 11 is 0. The number of nitrogens with zero attached hydrogens (tertiary/aromatic N) is 2. The van der Waals surface area contributed by atoms with Crippen LogP contribution in [0.2, 0.25) is 0 Å². The monoisotopic (exact) mass is 521 g/mol. The molecule has 39 heavy (non-hydrogen) atoms. The average molecular weight is 522 g/mol. The standard InChI is InChI=1S/C31H31N5O3/c1-4-28(37)33-26-10-6-9-22(19(26)2)23-11-12-24(30(32)38)29-25(23)18-27(34-29)20-7-5-8-21(17-20)31(39)36-15-13-35(3)14-16-36/h4-12,17-18,34H,1,13-16H2,2-3H3,(H2,32,38)(H,33,37). The molecule has 1 aromatic heterocycles. The number of piperazine rings is 1. The molecule has 5 rings (SSSR count). The Bertz CT molecular complexity index is 1610. The molecule has 0 spiro atoms. The van der Waals surface area contributed by atoms with E-state index in [0.717, 1.165) is 46.4 Å². The van der Waals surface area contributed by atoms with Crippen molar-refractivity contribution >= 4 is 34.3 Å². The predicted molar refractivity (Wildman–Crippen MR) is 155 cm³/mol. The Hall–Kier alpha value is -4.69. The molecule has 0 bridgehead atoms. The maximum Gasteiger partial charge on any atom is 0.253 e. The van der Waals surface area contributed by atoms with Gasteiger partial charge in [-0.3, -0.25) is 14.4 Å². The molecule has 4 N–H and O–H groups in total. The first-order valence-electron chi connectivity index (χ1n) is 12.8. The summed E-state index contributed by atoms with van der Waals surface area (Å²) in [7, 11) is 2.06. The number of nitrogens with one attached hydrogen (secondary N) is 2. The van der Waals surface area contributed by atoms with E-state index in [0.29, 0.717) is 35.4 Å². The molecule has 198 valence electrons. The van der Waals surface area contributed by atoms with Crippen LogP contribution < -0.4 is 11.1 Å². The highest BCUT2D eigenvalue weighted by molar-refractivity contribution is 6.11. The number of aromatic amines is 1. The molecular weight excluding hydrogens is 490 g/mol. The van der Waals surface area contributed by atoms with Crippen LogP contribution in [0.15, 0.2) is 73.3 Å². The normalized spacial score (nSPS) is 13.8. The number of primary amides is 1. The van der Waals surface area contributed by atoms with Crippen LogP contribution in [-0.4, -0.2) is 65.7 Å². The van der Waals surface area contributed by atoms with E-state index in [1.54, 1.807) is 6.07 Å². The highest BCUT2D eigenvalue weighted by Gasteiger charge is 2.22. The Labute approximate surface area is 227 Å². The number of anilines is 1. The molecule has 4 aromatic rings. The fraction of sp³-hybridized carbons (Fsp3) is 0.194. The van der Waals surface area contributed by atoms with Gasteiger partial charge in [0.15, 0.2) is 0 Å². The van der Waals surface area contributed by atoms with Crippen LogP contribution in [0.4, 0.5) is 5.69 Å².